The predicted octanol–water partition coefficient (Wildman–Crippen LogP) is 2.60. The van der Waals surface area contributed by atoms with Crippen molar-refractivity contribution >= 4 is 40.5 Å². The van der Waals surface area contributed by atoms with E-state index in [4.69, 9.17) is 29.6 Å². The number of hydrogen-bond donors (Lipinski definition) is 2. The highest BCUT2D eigenvalue weighted by Crippen LogP contribution is 2.22. The molecule has 18 heavy (non-hydrogen) atoms. The molecule has 0 bridgehead atoms. The van der Waals surface area contributed by atoms with Crippen LogP contribution >= 0.6 is 23.8 Å². The molecule has 1 aromatic carbocycles. The first-order valence-electron chi connectivity index (χ1n) is 5.73. The summed E-state index contributed by atoms with van der Waals surface area (Å²) < 4.78 is 0. The Morgan fingerprint density at radius 3 is 2.67 bits per heavy atom. The molecule has 0 aliphatic carbocycles. The average molecular weight is 284 g/mol. The number of rotatable bonds is 2. The molecular formula is C12H14ClN3OS. The van der Waals surface area contributed by atoms with Crippen LogP contribution in [0.4, 0.5) is 10.5 Å². The number of nitrogens with zero attached hydrogens (tertiary/aromatic N) is 1. The molecule has 6 heteroatoms. The highest BCUT2D eigenvalue weighted by molar-refractivity contribution is 7.80. The summed E-state index contributed by atoms with van der Waals surface area (Å²) in [5.74, 6) is 0. The third kappa shape index (κ3) is 2.91. The topological polar surface area (TPSA) is 58.4 Å². The number of nitrogens with two attached hydrogens (primary N) is 1. The van der Waals surface area contributed by atoms with Crippen LogP contribution in [0.2, 0.25) is 5.02 Å². The van der Waals surface area contributed by atoms with Crippen molar-refractivity contribution < 1.29 is 4.79 Å². The highest BCUT2D eigenvalue weighted by Gasteiger charge is 2.19. The second-order valence-electron chi connectivity index (χ2n) is 4.18. The zero-order chi connectivity index (χ0) is 13.1. The van der Waals surface area contributed by atoms with E-state index in [0.29, 0.717) is 16.3 Å². The molecule has 1 heterocycles. The fraction of sp³-hybridized carbons (Fsp3) is 0.333. The summed E-state index contributed by atoms with van der Waals surface area (Å²) in [5.41, 5.74) is 6.81. The van der Waals surface area contributed by atoms with Gasteiger partial charge in [-0.05, 0) is 31.0 Å². The van der Waals surface area contributed by atoms with Crippen molar-refractivity contribution in [3.8, 4) is 0 Å². The van der Waals surface area contributed by atoms with Crippen molar-refractivity contribution in [2.24, 2.45) is 5.73 Å². The van der Waals surface area contributed by atoms with Crippen LogP contribution < -0.4 is 11.1 Å². The number of carbonyl (C=O) groups excluding carboxylic acids is 1. The van der Waals surface area contributed by atoms with Gasteiger partial charge < -0.3 is 16.0 Å². The normalized spacial score (nSPS) is 14.6. The Morgan fingerprint density at radius 2 is 2.06 bits per heavy atom. The van der Waals surface area contributed by atoms with E-state index in [-0.39, 0.29) is 11.0 Å². The number of hydrogen-bond acceptors (Lipinski definition) is 2. The summed E-state index contributed by atoms with van der Waals surface area (Å²) in [6.07, 6.45) is 2.09. The summed E-state index contributed by atoms with van der Waals surface area (Å²) >= 11 is 10.9. The van der Waals surface area contributed by atoms with Gasteiger partial charge in [-0.15, -0.1) is 0 Å². The van der Waals surface area contributed by atoms with Crippen molar-refractivity contribution in [1.82, 2.24) is 4.90 Å². The molecule has 2 amide bonds. The molecule has 0 spiro atoms. The summed E-state index contributed by atoms with van der Waals surface area (Å²) in [6.45, 7) is 1.57. The molecule has 1 aliphatic rings. The zero-order valence-corrected chi connectivity index (χ0v) is 11.4. The van der Waals surface area contributed by atoms with E-state index in [2.05, 4.69) is 5.32 Å². The Balaban J connectivity index is 2.19. The third-order valence-corrected chi connectivity index (χ3v) is 3.34. The Hall–Kier alpha value is -1.33. The number of likely N-dealkylation sites (tertiary alicyclic amines) is 1. The molecule has 3 N–H and O–H groups in total. The number of halogens is 1. The molecule has 0 aromatic heterocycles. The lowest BCUT2D eigenvalue weighted by molar-refractivity contribution is 0.222. The predicted molar refractivity (Wildman–Crippen MR) is 77.2 cm³/mol. The molecule has 1 saturated heterocycles. The lowest BCUT2D eigenvalue weighted by atomic mass is 10.2. The second-order valence-corrected chi connectivity index (χ2v) is 5.05. The van der Waals surface area contributed by atoms with E-state index < -0.39 is 0 Å². The zero-order valence-electron chi connectivity index (χ0n) is 9.78. The van der Waals surface area contributed by atoms with Gasteiger partial charge >= 0.3 is 6.03 Å². The summed E-state index contributed by atoms with van der Waals surface area (Å²) in [4.78, 5) is 14.0. The minimum absolute atomic E-state index is 0.132. The van der Waals surface area contributed by atoms with Gasteiger partial charge in [-0.3, -0.25) is 0 Å². The largest absolute Gasteiger partial charge is 0.389 e. The van der Waals surface area contributed by atoms with Gasteiger partial charge in [0, 0.05) is 23.7 Å². The minimum atomic E-state index is -0.132. The fourth-order valence-corrected chi connectivity index (χ4v) is 2.30. The molecule has 1 aliphatic heterocycles. The van der Waals surface area contributed by atoms with E-state index >= 15 is 0 Å². The van der Waals surface area contributed by atoms with Crippen molar-refractivity contribution in [2.75, 3.05) is 18.4 Å². The van der Waals surface area contributed by atoms with Crippen LogP contribution in [-0.4, -0.2) is 29.0 Å². The maximum atomic E-state index is 12.0. The van der Waals surface area contributed by atoms with Crippen molar-refractivity contribution in [1.29, 1.82) is 0 Å². The summed E-state index contributed by atoms with van der Waals surface area (Å²) in [5, 5.41) is 3.34. The lowest BCUT2D eigenvalue weighted by Gasteiger charge is -2.18. The molecule has 0 atom stereocenters. The van der Waals surface area contributed by atoms with Crippen LogP contribution in [0.15, 0.2) is 18.2 Å². The first kappa shape index (κ1) is 13.1. The van der Waals surface area contributed by atoms with Gasteiger partial charge in [0.05, 0.1) is 5.69 Å². The van der Waals surface area contributed by atoms with Gasteiger partial charge in [0.15, 0.2) is 0 Å². The summed E-state index contributed by atoms with van der Waals surface area (Å²) in [6, 6.07) is 4.93. The van der Waals surface area contributed by atoms with Crippen LogP contribution in [0.25, 0.3) is 0 Å². The summed E-state index contributed by atoms with van der Waals surface area (Å²) in [7, 11) is 0. The van der Waals surface area contributed by atoms with Crippen LogP contribution in [-0.2, 0) is 0 Å². The number of thiocarbonyl (C=S) groups is 1. The van der Waals surface area contributed by atoms with E-state index in [0.717, 1.165) is 25.9 Å². The van der Waals surface area contributed by atoms with Crippen LogP contribution in [0.1, 0.15) is 18.4 Å². The number of amides is 2. The fourth-order valence-electron chi connectivity index (χ4n) is 1.95. The van der Waals surface area contributed by atoms with Crippen molar-refractivity contribution in [2.45, 2.75) is 12.8 Å². The van der Waals surface area contributed by atoms with E-state index in [9.17, 15) is 4.79 Å². The van der Waals surface area contributed by atoms with Crippen LogP contribution in [0, 0.1) is 0 Å². The minimum Gasteiger partial charge on any atom is -0.389 e. The number of anilines is 1. The molecule has 2 rings (SSSR count). The Kier molecular flexibility index (Phi) is 4.04. The van der Waals surface area contributed by atoms with Gasteiger partial charge in [0.2, 0.25) is 0 Å². The standard InChI is InChI=1S/C12H14ClN3OS/c13-8-3-4-9(11(14)18)10(7-8)15-12(17)16-5-1-2-6-16/h3-4,7H,1-2,5-6H2,(H2,14,18)(H,15,17). The molecule has 1 aromatic rings. The third-order valence-electron chi connectivity index (χ3n) is 2.88. The van der Waals surface area contributed by atoms with Crippen LogP contribution in [0.3, 0.4) is 0 Å². The SMILES string of the molecule is NC(=S)c1ccc(Cl)cc1NC(=O)N1CCCC1. The lowest BCUT2D eigenvalue weighted by Crippen LogP contribution is -2.32. The van der Waals surface area contributed by atoms with Gasteiger partial charge in [-0.25, -0.2) is 4.79 Å². The van der Waals surface area contributed by atoms with Gasteiger partial charge in [-0.1, -0.05) is 23.8 Å². The Bertz CT molecular complexity index is 486. The first-order chi connectivity index (χ1) is 8.58. The quantitative estimate of drug-likeness (QED) is 0.820. The molecule has 0 radical (unpaired) electrons. The first-order valence-corrected chi connectivity index (χ1v) is 6.52. The van der Waals surface area contributed by atoms with E-state index in [1.54, 1.807) is 23.1 Å². The van der Waals surface area contributed by atoms with E-state index in [1.807, 2.05) is 0 Å². The molecular weight excluding hydrogens is 270 g/mol. The molecule has 0 saturated carbocycles. The van der Waals surface area contributed by atoms with Gasteiger partial charge in [0.25, 0.3) is 0 Å². The maximum absolute atomic E-state index is 12.0. The molecule has 4 nitrogen and oxygen atoms in total. The highest BCUT2D eigenvalue weighted by atomic mass is 35.5. The van der Waals surface area contributed by atoms with Crippen molar-refractivity contribution in [3.05, 3.63) is 28.8 Å². The number of urea groups is 1. The second kappa shape index (κ2) is 5.54. The number of carbonyl (C=O) groups is 1. The maximum Gasteiger partial charge on any atom is 0.321 e. The monoisotopic (exact) mass is 283 g/mol. The molecule has 0 unspecified atom stereocenters. The van der Waals surface area contributed by atoms with Gasteiger partial charge in [-0.2, -0.15) is 0 Å². The van der Waals surface area contributed by atoms with E-state index in [1.165, 1.54) is 0 Å². The van der Waals surface area contributed by atoms with Crippen molar-refractivity contribution in [3.63, 3.8) is 0 Å². The molecule has 1 fully saturated rings. The Labute approximate surface area is 116 Å². The molecule has 96 valence electrons. The number of nitrogens with one attached hydrogen (secondary N) is 1. The smallest absolute Gasteiger partial charge is 0.321 e. The van der Waals surface area contributed by atoms with Gasteiger partial charge in [0.1, 0.15) is 4.99 Å². The number of benzene rings is 1. The van der Waals surface area contributed by atoms with Crippen LogP contribution in [0.5, 0.6) is 0 Å². The average Bonchev–Trinajstić information content (AvgIpc) is 2.81. The Morgan fingerprint density at radius 1 is 1.39 bits per heavy atom.